The van der Waals surface area contributed by atoms with Gasteiger partial charge in [0.1, 0.15) is 12.4 Å². The summed E-state index contributed by atoms with van der Waals surface area (Å²) in [4.78, 5) is 12.3. The lowest BCUT2D eigenvalue weighted by Gasteiger charge is -2.10. The number of carbonyl (C=O) groups is 1. The second-order valence-electron chi connectivity index (χ2n) is 6.09. The number of rotatable bonds is 6. The van der Waals surface area contributed by atoms with Gasteiger partial charge in [-0.15, -0.1) is 10.2 Å². The van der Waals surface area contributed by atoms with Crippen LogP contribution in [0.15, 0.2) is 34.7 Å². The monoisotopic (exact) mass is 356 g/mol. The van der Waals surface area contributed by atoms with Gasteiger partial charge in [0.15, 0.2) is 0 Å². The predicted octanol–water partition coefficient (Wildman–Crippen LogP) is 3.17. The molecule has 0 aliphatic carbocycles. The van der Waals surface area contributed by atoms with Gasteiger partial charge in [-0.3, -0.25) is 4.79 Å². The molecule has 26 heavy (non-hydrogen) atoms. The zero-order valence-electron chi connectivity index (χ0n) is 15.0. The van der Waals surface area contributed by atoms with Gasteiger partial charge in [-0.1, -0.05) is 25.1 Å². The molecule has 0 aliphatic heterocycles. The Bertz CT molecular complexity index is 930. The quantitative estimate of drug-likeness (QED) is 0.736. The van der Waals surface area contributed by atoms with Crippen molar-refractivity contribution in [3.05, 3.63) is 59.0 Å². The topological polar surface area (TPSA) is 73.0 Å². The predicted molar refractivity (Wildman–Crippen MR) is 94.8 cm³/mol. The molecule has 7 heteroatoms. The Kier molecular flexibility index (Phi) is 5.16. The summed E-state index contributed by atoms with van der Waals surface area (Å²) in [7, 11) is 0. The summed E-state index contributed by atoms with van der Waals surface area (Å²) in [6.07, 6.45) is 0.671. The molecule has 0 aliphatic rings. The number of benzene rings is 1. The highest BCUT2D eigenvalue weighted by Gasteiger charge is 2.17. The molecule has 0 radical (unpaired) electrons. The molecule has 2 aromatic heterocycles. The first kappa shape index (κ1) is 17.8. The van der Waals surface area contributed by atoms with Crippen molar-refractivity contribution in [2.24, 2.45) is 0 Å². The van der Waals surface area contributed by atoms with Crippen molar-refractivity contribution < 1.29 is 13.6 Å². The minimum Gasteiger partial charge on any atom is -0.421 e. The fourth-order valence-corrected chi connectivity index (χ4v) is 2.80. The molecule has 0 saturated carbocycles. The van der Waals surface area contributed by atoms with E-state index in [9.17, 15) is 9.18 Å². The van der Waals surface area contributed by atoms with Gasteiger partial charge in [0.25, 0.3) is 0 Å². The summed E-state index contributed by atoms with van der Waals surface area (Å²) in [5, 5.41) is 10.8. The van der Waals surface area contributed by atoms with Gasteiger partial charge in [0, 0.05) is 29.9 Å². The third-order valence-electron chi connectivity index (χ3n) is 4.31. The second-order valence-corrected chi connectivity index (χ2v) is 6.09. The number of hydrogen-bond acceptors (Lipinski definition) is 4. The maximum atomic E-state index is 13.6. The van der Waals surface area contributed by atoms with E-state index in [-0.39, 0.29) is 24.8 Å². The summed E-state index contributed by atoms with van der Waals surface area (Å²) in [6.45, 7) is 6.06. The van der Waals surface area contributed by atoms with Gasteiger partial charge in [0.2, 0.25) is 17.7 Å². The standard InChI is InChI=1S/C19H21FN4O2/c1-4-18-22-23-19(26-18)15-9-12(2)24(13(15)3)11-17(25)21-10-14-7-5-6-8-16(14)20/h5-9H,4,10-11H2,1-3H3,(H,21,25). The van der Waals surface area contributed by atoms with Crippen LogP contribution in [0.4, 0.5) is 4.39 Å². The first-order chi connectivity index (χ1) is 12.5. The molecule has 6 nitrogen and oxygen atoms in total. The van der Waals surface area contributed by atoms with Crippen LogP contribution in [0.2, 0.25) is 0 Å². The molecule has 0 bridgehead atoms. The normalized spacial score (nSPS) is 10.9. The van der Waals surface area contributed by atoms with Crippen molar-refractivity contribution in [1.29, 1.82) is 0 Å². The van der Waals surface area contributed by atoms with Crippen molar-refractivity contribution in [1.82, 2.24) is 20.1 Å². The van der Waals surface area contributed by atoms with E-state index in [1.54, 1.807) is 18.2 Å². The Morgan fingerprint density at radius 2 is 2.04 bits per heavy atom. The Morgan fingerprint density at radius 1 is 1.27 bits per heavy atom. The summed E-state index contributed by atoms with van der Waals surface area (Å²) in [5.74, 6) is 0.508. The molecule has 2 heterocycles. The molecule has 0 fully saturated rings. The maximum Gasteiger partial charge on any atom is 0.249 e. The molecule has 136 valence electrons. The van der Waals surface area contributed by atoms with E-state index < -0.39 is 0 Å². The van der Waals surface area contributed by atoms with E-state index in [4.69, 9.17) is 4.42 Å². The van der Waals surface area contributed by atoms with Crippen molar-refractivity contribution in [2.45, 2.75) is 40.3 Å². The number of aryl methyl sites for hydroxylation is 2. The van der Waals surface area contributed by atoms with Gasteiger partial charge < -0.3 is 14.3 Å². The van der Waals surface area contributed by atoms with E-state index >= 15 is 0 Å². The zero-order valence-corrected chi connectivity index (χ0v) is 15.0. The van der Waals surface area contributed by atoms with E-state index in [1.165, 1.54) is 6.07 Å². The van der Waals surface area contributed by atoms with E-state index in [1.807, 2.05) is 31.4 Å². The van der Waals surface area contributed by atoms with Crippen LogP contribution >= 0.6 is 0 Å². The highest BCUT2D eigenvalue weighted by molar-refractivity contribution is 5.76. The maximum absolute atomic E-state index is 13.6. The average molecular weight is 356 g/mol. The molecule has 0 atom stereocenters. The van der Waals surface area contributed by atoms with Crippen LogP contribution in [0.3, 0.4) is 0 Å². The highest BCUT2D eigenvalue weighted by atomic mass is 19.1. The number of aromatic nitrogens is 3. The van der Waals surface area contributed by atoms with E-state index in [2.05, 4.69) is 15.5 Å². The summed E-state index contributed by atoms with van der Waals surface area (Å²) in [6, 6.07) is 8.32. The lowest BCUT2D eigenvalue weighted by Crippen LogP contribution is -2.28. The van der Waals surface area contributed by atoms with Crippen LogP contribution in [0.5, 0.6) is 0 Å². The molecule has 3 aromatic rings. The molecular formula is C19H21FN4O2. The van der Waals surface area contributed by atoms with Gasteiger partial charge >= 0.3 is 0 Å². The molecule has 0 unspecified atom stereocenters. The molecule has 1 amide bonds. The summed E-state index contributed by atoms with van der Waals surface area (Å²) >= 11 is 0. The minimum absolute atomic E-state index is 0.140. The molecule has 1 N–H and O–H groups in total. The first-order valence-corrected chi connectivity index (χ1v) is 8.49. The van der Waals surface area contributed by atoms with Crippen molar-refractivity contribution in [3.8, 4) is 11.5 Å². The van der Waals surface area contributed by atoms with Crippen molar-refractivity contribution >= 4 is 5.91 Å². The lowest BCUT2D eigenvalue weighted by molar-refractivity contribution is -0.121. The Balaban J connectivity index is 1.71. The van der Waals surface area contributed by atoms with E-state index in [0.717, 1.165) is 17.0 Å². The number of nitrogens with one attached hydrogen (secondary N) is 1. The lowest BCUT2D eigenvalue weighted by atomic mass is 10.2. The molecular weight excluding hydrogens is 335 g/mol. The number of carbonyl (C=O) groups excluding carboxylic acids is 1. The fourth-order valence-electron chi connectivity index (χ4n) is 2.80. The third kappa shape index (κ3) is 3.66. The fraction of sp³-hybridized carbons (Fsp3) is 0.316. The molecule has 0 spiro atoms. The number of nitrogens with zero attached hydrogens (tertiary/aromatic N) is 3. The molecule has 3 rings (SSSR count). The number of amides is 1. The highest BCUT2D eigenvalue weighted by Crippen LogP contribution is 2.26. The number of halogens is 1. The Labute approximate surface area is 151 Å². The van der Waals surface area contributed by atoms with Crippen LogP contribution in [0.25, 0.3) is 11.5 Å². The molecule has 0 saturated heterocycles. The smallest absolute Gasteiger partial charge is 0.249 e. The average Bonchev–Trinajstić information content (AvgIpc) is 3.21. The zero-order chi connectivity index (χ0) is 18.7. The Hall–Kier alpha value is -2.96. The molecule has 1 aromatic carbocycles. The largest absolute Gasteiger partial charge is 0.421 e. The van der Waals surface area contributed by atoms with Crippen LogP contribution < -0.4 is 5.32 Å². The Morgan fingerprint density at radius 3 is 2.73 bits per heavy atom. The van der Waals surface area contributed by atoms with Gasteiger partial charge in [-0.25, -0.2) is 4.39 Å². The summed E-state index contributed by atoms with van der Waals surface area (Å²) in [5.41, 5.74) is 3.06. The van der Waals surface area contributed by atoms with Crippen LogP contribution in [0.1, 0.15) is 29.8 Å². The second kappa shape index (κ2) is 7.51. The summed E-state index contributed by atoms with van der Waals surface area (Å²) < 4.78 is 21.1. The number of hydrogen-bond donors (Lipinski definition) is 1. The van der Waals surface area contributed by atoms with Crippen molar-refractivity contribution in [3.63, 3.8) is 0 Å². The van der Waals surface area contributed by atoms with Gasteiger partial charge in [0.05, 0.1) is 5.56 Å². The van der Waals surface area contributed by atoms with Crippen LogP contribution in [-0.2, 0) is 24.3 Å². The first-order valence-electron chi connectivity index (χ1n) is 8.49. The third-order valence-corrected chi connectivity index (χ3v) is 4.31. The van der Waals surface area contributed by atoms with Crippen molar-refractivity contribution in [2.75, 3.05) is 0 Å². The van der Waals surface area contributed by atoms with Gasteiger partial charge in [-0.05, 0) is 26.0 Å². The van der Waals surface area contributed by atoms with E-state index in [0.29, 0.717) is 23.8 Å². The minimum atomic E-state index is -0.327. The van der Waals surface area contributed by atoms with Crippen LogP contribution in [-0.4, -0.2) is 20.7 Å². The SMILES string of the molecule is CCc1nnc(-c2cc(C)n(CC(=O)NCc3ccccc3F)c2C)o1. The van der Waals surface area contributed by atoms with Gasteiger partial charge in [-0.2, -0.15) is 0 Å². The van der Waals surface area contributed by atoms with Crippen LogP contribution in [0, 0.1) is 19.7 Å².